The Morgan fingerprint density at radius 3 is 2.30 bits per heavy atom. The highest BCUT2D eigenvalue weighted by Gasteiger charge is 2.31. The average Bonchev–Trinajstić information content (AvgIpc) is 2.44. The highest BCUT2D eigenvalue weighted by Crippen LogP contribution is 2.24. The molecule has 1 aromatic rings. The number of aryl methyl sites for hydroxylation is 1. The summed E-state index contributed by atoms with van der Waals surface area (Å²) in [6.45, 7) is 5.26. The molecule has 0 radical (unpaired) electrons. The zero-order chi connectivity index (χ0) is 15.4. The topological polar surface area (TPSA) is 75.6 Å². The van der Waals surface area contributed by atoms with E-state index >= 15 is 0 Å². The standard InChI is InChI=1S/C14H23NO4S/c1-5-14(6-2,10-16)15-20(17,18)12-7-8-13(19-4)11(3)9-12/h7-9,15-16H,5-6,10H2,1-4H3. The van der Waals surface area contributed by atoms with Crippen molar-refractivity contribution in [2.75, 3.05) is 13.7 Å². The molecule has 0 heterocycles. The Bertz CT molecular complexity index is 542. The smallest absolute Gasteiger partial charge is 0.241 e. The lowest BCUT2D eigenvalue weighted by Crippen LogP contribution is -2.50. The maximum Gasteiger partial charge on any atom is 0.241 e. The number of hydrogen-bond acceptors (Lipinski definition) is 4. The summed E-state index contributed by atoms with van der Waals surface area (Å²) in [6.07, 6.45) is 1.04. The molecule has 2 N–H and O–H groups in total. The SMILES string of the molecule is CCC(CC)(CO)NS(=O)(=O)c1ccc(OC)c(C)c1. The number of methoxy groups -OCH3 is 1. The highest BCUT2D eigenvalue weighted by molar-refractivity contribution is 7.89. The van der Waals surface area contributed by atoms with Crippen LogP contribution >= 0.6 is 0 Å². The molecule has 5 nitrogen and oxygen atoms in total. The Labute approximate surface area is 121 Å². The fourth-order valence-electron chi connectivity index (χ4n) is 2.01. The Morgan fingerprint density at radius 2 is 1.90 bits per heavy atom. The fourth-order valence-corrected chi connectivity index (χ4v) is 3.63. The molecule has 1 rings (SSSR count). The zero-order valence-corrected chi connectivity index (χ0v) is 13.3. The molecule has 0 bridgehead atoms. The Hall–Kier alpha value is -1.11. The number of benzene rings is 1. The normalized spacial score (nSPS) is 12.4. The van der Waals surface area contributed by atoms with Crippen molar-refractivity contribution in [3.8, 4) is 5.75 Å². The van der Waals surface area contributed by atoms with Gasteiger partial charge in [-0.1, -0.05) is 13.8 Å². The number of rotatable bonds is 7. The predicted octanol–water partition coefficient (Wildman–Crippen LogP) is 1.83. The van der Waals surface area contributed by atoms with Crippen molar-refractivity contribution in [3.05, 3.63) is 23.8 Å². The number of aliphatic hydroxyl groups is 1. The molecule has 0 saturated carbocycles. The van der Waals surface area contributed by atoms with Crippen LogP contribution in [0.25, 0.3) is 0 Å². The molecule has 0 fully saturated rings. The Morgan fingerprint density at radius 1 is 1.30 bits per heavy atom. The van der Waals surface area contributed by atoms with Crippen LogP contribution in [-0.2, 0) is 10.0 Å². The molecular weight excluding hydrogens is 278 g/mol. The quantitative estimate of drug-likeness (QED) is 0.805. The van der Waals surface area contributed by atoms with E-state index in [9.17, 15) is 13.5 Å². The van der Waals surface area contributed by atoms with Crippen LogP contribution in [0.4, 0.5) is 0 Å². The van der Waals surface area contributed by atoms with E-state index in [1.54, 1.807) is 26.2 Å². The Balaban J connectivity index is 3.14. The van der Waals surface area contributed by atoms with Gasteiger partial charge in [0, 0.05) is 0 Å². The van der Waals surface area contributed by atoms with Gasteiger partial charge in [0.1, 0.15) is 5.75 Å². The number of nitrogens with one attached hydrogen (secondary N) is 1. The van der Waals surface area contributed by atoms with Crippen molar-refractivity contribution in [1.29, 1.82) is 0 Å². The van der Waals surface area contributed by atoms with Crippen LogP contribution in [0.15, 0.2) is 23.1 Å². The molecule has 0 amide bonds. The molecule has 0 aliphatic rings. The first-order valence-corrected chi connectivity index (χ1v) is 8.12. The van der Waals surface area contributed by atoms with E-state index in [0.717, 1.165) is 5.56 Å². The van der Waals surface area contributed by atoms with Crippen LogP contribution in [0.5, 0.6) is 5.75 Å². The number of sulfonamides is 1. The lowest BCUT2D eigenvalue weighted by molar-refractivity contribution is 0.172. The third-order valence-corrected chi connectivity index (χ3v) is 5.26. The first-order valence-electron chi connectivity index (χ1n) is 6.63. The molecule has 20 heavy (non-hydrogen) atoms. The maximum atomic E-state index is 12.4. The van der Waals surface area contributed by atoms with Crippen molar-refractivity contribution in [3.63, 3.8) is 0 Å². The number of ether oxygens (including phenoxy) is 1. The first kappa shape index (κ1) is 16.9. The molecular formula is C14H23NO4S. The van der Waals surface area contributed by atoms with Crippen LogP contribution < -0.4 is 9.46 Å². The van der Waals surface area contributed by atoms with Gasteiger partial charge in [0.15, 0.2) is 0 Å². The molecule has 0 unspecified atom stereocenters. The van der Waals surface area contributed by atoms with Crippen molar-refractivity contribution in [1.82, 2.24) is 4.72 Å². The van der Waals surface area contributed by atoms with E-state index in [1.165, 1.54) is 6.07 Å². The van der Waals surface area contributed by atoms with Gasteiger partial charge in [0.2, 0.25) is 10.0 Å². The largest absolute Gasteiger partial charge is 0.496 e. The Kier molecular flexibility index (Phi) is 5.56. The summed E-state index contributed by atoms with van der Waals surface area (Å²) in [5, 5.41) is 9.48. The van der Waals surface area contributed by atoms with Crippen LogP contribution in [0.3, 0.4) is 0 Å². The average molecular weight is 301 g/mol. The lowest BCUT2D eigenvalue weighted by atomic mass is 9.96. The van der Waals surface area contributed by atoms with Gasteiger partial charge in [-0.15, -0.1) is 0 Å². The van der Waals surface area contributed by atoms with E-state index in [0.29, 0.717) is 18.6 Å². The molecule has 6 heteroatoms. The van der Waals surface area contributed by atoms with Gasteiger partial charge in [0.05, 0.1) is 24.2 Å². The third-order valence-electron chi connectivity index (χ3n) is 3.68. The predicted molar refractivity (Wildman–Crippen MR) is 78.5 cm³/mol. The summed E-state index contributed by atoms with van der Waals surface area (Å²) >= 11 is 0. The molecule has 0 atom stereocenters. The van der Waals surface area contributed by atoms with Gasteiger partial charge in [-0.2, -0.15) is 0 Å². The van der Waals surface area contributed by atoms with Crippen molar-refractivity contribution < 1.29 is 18.3 Å². The highest BCUT2D eigenvalue weighted by atomic mass is 32.2. The third kappa shape index (κ3) is 3.50. The lowest BCUT2D eigenvalue weighted by Gasteiger charge is -2.30. The van der Waals surface area contributed by atoms with E-state index in [4.69, 9.17) is 4.74 Å². The number of aliphatic hydroxyl groups excluding tert-OH is 1. The van der Waals surface area contributed by atoms with E-state index < -0.39 is 15.6 Å². The van der Waals surface area contributed by atoms with Crippen LogP contribution in [0.2, 0.25) is 0 Å². The van der Waals surface area contributed by atoms with Crippen molar-refractivity contribution in [2.45, 2.75) is 44.0 Å². The second-order valence-electron chi connectivity index (χ2n) is 4.88. The molecule has 0 saturated heterocycles. The van der Waals surface area contributed by atoms with Crippen LogP contribution in [-0.4, -0.2) is 32.8 Å². The van der Waals surface area contributed by atoms with Crippen LogP contribution in [0, 0.1) is 6.92 Å². The van der Waals surface area contributed by atoms with Crippen molar-refractivity contribution in [2.24, 2.45) is 0 Å². The second kappa shape index (κ2) is 6.56. The van der Waals surface area contributed by atoms with E-state index in [2.05, 4.69) is 4.72 Å². The summed E-state index contributed by atoms with van der Waals surface area (Å²) in [7, 11) is -2.13. The zero-order valence-electron chi connectivity index (χ0n) is 12.4. The summed E-state index contributed by atoms with van der Waals surface area (Å²) in [5.74, 6) is 0.642. The van der Waals surface area contributed by atoms with E-state index in [1.807, 2.05) is 13.8 Å². The van der Waals surface area contributed by atoms with Gasteiger partial charge < -0.3 is 9.84 Å². The monoisotopic (exact) mass is 301 g/mol. The molecule has 114 valence electrons. The molecule has 0 spiro atoms. The fraction of sp³-hybridized carbons (Fsp3) is 0.571. The minimum Gasteiger partial charge on any atom is -0.496 e. The summed E-state index contributed by atoms with van der Waals surface area (Å²) in [4.78, 5) is 0.176. The van der Waals surface area contributed by atoms with Crippen LogP contribution in [0.1, 0.15) is 32.3 Å². The summed E-state index contributed by atoms with van der Waals surface area (Å²) < 4.78 is 32.6. The first-order chi connectivity index (χ1) is 9.34. The van der Waals surface area contributed by atoms with Gasteiger partial charge in [-0.3, -0.25) is 0 Å². The second-order valence-corrected chi connectivity index (χ2v) is 6.56. The maximum absolute atomic E-state index is 12.4. The van der Waals surface area contributed by atoms with Gasteiger partial charge in [-0.25, -0.2) is 13.1 Å². The number of hydrogen-bond donors (Lipinski definition) is 2. The summed E-state index contributed by atoms with van der Waals surface area (Å²) in [6, 6.07) is 4.69. The van der Waals surface area contributed by atoms with Gasteiger partial charge >= 0.3 is 0 Å². The van der Waals surface area contributed by atoms with Crippen molar-refractivity contribution >= 4 is 10.0 Å². The molecule has 1 aromatic carbocycles. The van der Waals surface area contributed by atoms with Gasteiger partial charge in [-0.05, 0) is 43.5 Å². The summed E-state index contributed by atoms with van der Waals surface area (Å²) in [5.41, 5.74) is -0.0647. The molecule has 0 aliphatic carbocycles. The molecule has 0 aliphatic heterocycles. The van der Waals surface area contributed by atoms with E-state index in [-0.39, 0.29) is 11.5 Å². The molecule has 0 aromatic heterocycles. The minimum atomic E-state index is -3.67. The van der Waals surface area contributed by atoms with Gasteiger partial charge in [0.25, 0.3) is 0 Å². The minimum absolute atomic E-state index is 0.176.